The van der Waals surface area contributed by atoms with Crippen molar-refractivity contribution in [3.05, 3.63) is 0 Å². The second-order valence-corrected chi connectivity index (χ2v) is 2.60. The Bertz CT molecular complexity index is 205. The minimum atomic E-state index is -0.352. The predicted octanol–water partition coefficient (Wildman–Crippen LogP) is -0.659. The molecule has 0 saturated carbocycles. The summed E-state index contributed by atoms with van der Waals surface area (Å²) in [6, 6.07) is -0.175. The molecule has 4 nitrogen and oxygen atoms in total. The van der Waals surface area contributed by atoms with Crippen LogP contribution in [0.15, 0.2) is 4.99 Å². The molecule has 58 valence electrons. The average molecular weight is 152 g/mol. The fourth-order valence-electron chi connectivity index (χ4n) is 1.11. The molecule has 0 bridgehead atoms. The van der Waals surface area contributed by atoms with Crippen LogP contribution in [0, 0.1) is 0 Å². The molecule has 1 amide bonds. The van der Waals surface area contributed by atoms with Crippen LogP contribution in [0.25, 0.3) is 0 Å². The number of nitrogens with one attached hydrogen (secondary N) is 1. The minimum absolute atomic E-state index is 0.0874. The van der Waals surface area contributed by atoms with E-state index < -0.39 is 0 Å². The number of hydrogen-bond acceptors (Lipinski definition) is 3. The van der Waals surface area contributed by atoms with Gasteiger partial charge in [-0.15, -0.1) is 0 Å². The van der Waals surface area contributed by atoms with Crippen LogP contribution in [0.3, 0.4) is 0 Å². The molecular formula is C6H9BN2O2. The van der Waals surface area contributed by atoms with E-state index in [2.05, 4.69) is 10.3 Å². The summed E-state index contributed by atoms with van der Waals surface area (Å²) in [5.74, 6) is -0.0874. The van der Waals surface area contributed by atoms with Crippen LogP contribution in [0.5, 0.6) is 0 Å². The van der Waals surface area contributed by atoms with Gasteiger partial charge in [-0.05, 0) is 0 Å². The van der Waals surface area contributed by atoms with Gasteiger partial charge in [0.05, 0.1) is 0 Å². The standard InChI is InChI=1S/C6H9BN2O2/c1-4-2-5(6(10)9-4)8-3-7-11/h3-5H,2H2,1H3,(H,9,10)/t4-,5+/m1/s1. The molecule has 0 radical (unpaired) electrons. The van der Waals surface area contributed by atoms with Gasteiger partial charge in [-0.1, -0.05) is 0 Å². The summed E-state index contributed by atoms with van der Waals surface area (Å²) in [5, 5.41) is 2.71. The van der Waals surface area contributed by atoms with Gasteiger partial charge in [0, 0.05) is 0 Å². The van der Waals surface area contributed by atoms with Crippen molar-refractivity contribution in [2.75, 3.05) is 0 Å². The van der Waals surface area contributed by atoms with Crippen LogP contribution in [0.1, 0.15) is 13.3 Å². The molecule has 1 saturated heterocycles. The Morgan fingerprint density at radius 2 is 2.55 bits per heavy atom. The second kappa shape index (κ2) is 3.41. The van der Waals surface area contributed by atoms with Gasteiger partial charge in [0.2, 0.25) is 0 Å². The SMILES string of the molecule is C[C@@H]1C[C@H](N=CB=O)C(=O)N1. The first-order valence-corrected chi connectivity index (χ1v) is 3.51. The zero-order valence-corrected chi connectivity index (χ0v) is 6.28. The van der Waals surface area contributed by atoms with Gasteiger partial charge in [0.15, 0.2) is 0 Å². The van der Waals surface area contributed by atoms with Crippen LogP contribution in [0.2, 0.25) is 0 Å². The van der Waals surface area contributed by atoms with Gasteiger partial charge >= 0.3 is 64.4 Å². The van der Waals surface area contributed by atoms with Gasteiger partial charge in [-0.25, -0.2) is 0 Å². The Labute approximate surface area is 65.3 Å². The molecule has 1 rings (SSSR count). The van der Waals surface area contributed by atoms with E-state index in [9.17, 15) is 9.50 Å². The summed E-state index contributed by atoms with van der Waals surface area (Å²) in [4.78, 5) is 14.7. The summed E-state index contributed by atoms with van der Waals surface area (Å²) in [6.07, 6.45) is 1.81. The van der Waals surface area contributed by atoms with Gasteiger partial charge < -0.3 is 0 Å². The van der Waals surface area contributed by atoms with E-state index >= 15 is 0 Å². The maximum absolute atomic E-state index is 10.9. The molecule has 0 unspecified atom stereocenters. The van der Waals surface area contributed by atoms with E-state index in [1.54, 1.807) is 0 Å². The molecule has 11 heavy (non-hydrogen) atoms. The first kappa shape index (κ1) is 8.10. The van der Waals surface area contributed by atoms with Crippen LogP contribution < -0.4 is 5.32 Å². The van der Waals surface area contributed by atoms with Crippen LogP contribution >= 0.6 is 0 Å². The third-order valence-corrected chi connectivity index (χ3v) is 1.59. The summed E-state index contributed by atoms with van der Waals surface area (Å²) in [5.41, 5.74) is 0. The molecule has 5 heteroatoms. The summed E-state index contributed by atoms with van der Waals surface area (Å²) in [6.45, 7) is 1.91. The Kier molecular flexibility index (Phi) is 2.51. The number of rotatable bonds is 2. The first-order valence-electron chi connectivity index (χ1n) is 3.51. The fourth-order valence-corrected chi connectivity index (χ4v) is 1.11. The second-order valence-electron chi connectivity index (χ2n) is 2.60. The van der Waals surface area contributed by atoms with Crippen LogP contribution in [-0.2, 0) is 9.50 Å². The molecule has 0 aromatic carbocycles. The quantitative estimate of drug-likeness (QED) is 0.421. The van der Waals surface area contributed by atoms with E-state index in [0.29, 0.717) is 13.6 Å². The van der Waals surface area contributed by atoms with Gasteiger partial charge in [-0.3, -0.25) is 0 Å². The molecule has 0 aromatic heterocycles. The third kappa shape index (κ3) is 1.96. The fraction of sp³-hybridized carbons (Fsp3) is 0.667. The van der Waals surface area contributed by atoms with Crippen molar-refractivity contribution < 1.29 is 9.50 Å². The average Bonchev–Trinajstić information content (AvgIpc) is 2.26. The topological polar surface area (TPSA) is 58.5 Å². The number of hydrogen-bond donors (Lipinski definition) is 1. The maximum atomic E-state index is 10.9. The van der Waals surface area contributed by atoms with Crippen molar-refractivity contribution in [3.63, 3.8) is 0 Å². The zero-order valence-electron chi connectivity index (χ0n) is 6.28. The molecule has 2 atom stereocenters. The van der Waals surface area contributed by atoms with Crippen molar-refractivity contribution in [3.8, 4) is 0 Å². The number of amides is 1. The van der Waals surface area contributed by atoms with Crippen molar-refractivity contribution in [1.82, 2.24) is 5.32 Å². The molecule has 0 aliphatic carbocycles. The first-order chi connectivity index (χ1) is 5.24. The Morgan fingerprint density at radius 1 is 1.82 bits per heavy atom. The molecule has 1 heterocycles. The van der Waals surface area contributed by atoms with Gasteiger partial charge in [0.1, 0.15) is 0 Å². The van der Waals surface area contributed by atoms with Crippen molar-refractivity contribution in [2.45, 2.75) is 25.4 Å². The molecule has 0 aromatic rings. The molecule has 0 spiro atoms. The monoisotopic (exact) mass is 152 g/mol. The Hall–Kier alpha value is -0.995. The summed E-state index contributed by atoms with van der Waals surface area (Å²) in [7, 11) is 0.580. The molecule has 1 aliphatic rings. The summed E-state index contributed by atoms with van der Waals surface area (Å²) >= 11 is 0. The normalized spacial score (nSPS) is 30.5. The van der Waals surface area contributed by atoms with E-state index in [1.807, 2.05) is 6.92 Å². The Morgan fingerprint density at radius 3 is 3.00 bits per heavy atom. The van der Waals surface area contributed by atoms with Crippen LogP contribution in [-0.4, -0.2) is 31.3 Å². The summed E-state index contributed by atoms with van der Waals surface area (Å²) < 4.78 is 9.87. The van der Waals surface area contributed by atoms with E-state index in [-0.39, 0.29) is 18.0 Å². The molecular weight excluding hydrogens is 143 g/mol. The number of carbonyl (C=O) groups is 1. The van der Waals surface area contributed by atoms with E-state index in [0.717, 1.165) is 6.11 Å². The molecule has 1 N–H and O–H groups in total. The number of nitrogens with zero attached hydrogens (tertiary/aromatic N) is 1. The zero-order chi connectivity index (χ0) is 8.27. The van der Waals surface area contributed by atoms with E-state index in [4.69, 9.17) is 0 Å². The van der Waals surface area contributed by atoms with Crippen molar-refractivity contribution >= 4 is 19.2 Å². The van der Waals surface area contributed by atoms with Crippen molar-refractivity contribution in [2.24, 2.45) is 4.99 Å². The molecule has 1 aliphatic heterocycles. The van der Waals surface area contributed by atoms with Crippen molar-refractivity contribution in [1.29, 1.82) is 0 Å². The number of aliphatic imine (C=N–C) groups is 1. The number of carbonyl (C=O) groups excluding carboxylic acids is 1. The van der Waals surface area contributed by atoms with Gasteiger partial charge in [-0.2, -0.15) is 0 Å². The van der Waals surface area contributed by atoms with E-state index in [1.165, 1.54) is 0 Å². The van der Waals surface area contributed by atoms with Crippen LogP contribution in [0.4, 0.5) is 0 Å². The van der Waals surface area contributed by atoms with Gasteiger partial charge in [0.25, 0.3) is 0 Å². The molecule has 1 fully saturated rings. The third-order valence-electron chi connectivity index (χ3n) is 1.59. The predicted molar refractivity (Wildman–Crippen MR) is 40.9 cm³/mol. The Balaban J connectivity index is 2.53.